The number of alkyl halides is 6. The van der Waals surface area contributed by atoms with Gasteiger partial charge in [-0.25, -0.2) is 14.0 Å². The lowest BCUT2D eigenvalue weighted by atomic mass is 10.1. The Labute approximate surface area is 212 Å². The van der Waals surface area contributed by atoms with Crippen molar-refractivity contribution in [1.29, 1.82) is 0 Å². The number of halogens is 7. The first-order chi connectivity index (χ1) is 17.6. The Morgan fingerprint density at radius 2 is 1.58 bits per heavy atom. The molecule has 2 fully saturated rings. The van der Waals surface area contributed by atoms with Gasteiger partial charge in [-0.1, -0.05) is 12.1 Å². The molecule has 210 valence electrons. The molecule has 3 heterocycles. The van der Waals surface area contributed by atoms with E-state index in [1.807, 2.05) is 24.4 Å². The lowest BCUT2D eigenvalue weighted by Crippen LogP contribution is -2.49. The summed E-state index contributed by atoms with van der Waals surface area (Å²) < 4.78 is 82.8. The van der Waals surface area contributed by atoms with E-state index in [1.54, 1.807) is 6.07 Å². The van der Waals surface area contributed by atoms with Crippen molar-refractivity contribution in [3.8, 4) is 5.75 Å². The molecule has 2 aromatic rings. The van der Waals surface area contributed by atoms with E-state index in [9.17, 15) is 30.7 Å². The monoisotopic (exact) mass is 555 g/mol. The number of pyridine rings is 1. The Hall–Kier alpha value is -3.46. The molecule has 0 radical (unpaired) electrons. The highest BCUT2D eigenvalue weighted by Gasteiger charge is 2.39. The number of carbonyl (C=O) groups is 2. The summed E-state index contributed by atoms with van der Waals surface area (Å²) in [5, 5.41) is 14.2. The van der Waals surface area contributed by atoms with Crippen LogP contribution in [0.5, 0.6) is 5.75 Å². The molecule has 0 aliphatic carbocycles. The van der Waals surface area contributed by atoms with Crippen LogP contribution in [-0.4, -0.2) is 87.6 Å². The average molecular weight is 555 g/mol. The van der Waals surface area contributed by atoms with Crippen molar-refractivity contribution < 1.29 is 55.3 Å². The summed E-state index contributed by atoms with van der Waals surface area (Å²) in [5.41, 5.74) is 1.12. The molecule has 0 spiro atoms. The van der Waals surface area contributed by atoms with Gasteiger partial charge in [0.1, 0.15) is 17.7 Å². The molecule has 1 aromatic heterocycles. The molecule has 2 saturated heterocycles. The number of hydrogen-bond acceptors (Lipinski definition) is 6. The van der Waals surface area contributed by atoms with Gasteiger partial charge >= 0.3 is 24.3 Å². The van der Waals surface area contributed by atoms with E-state index >= 15 is 0 Å². The second-order valence-electron chi connectivity index (χ2n) is 8.24. The average Bonchev–Trinajstić information content (AvgIpc) is 3.21. The van der Waals surface area contributed by atoms with E-state index in [-0.39, 0.29) is 11.9 Å². The van der Waals surface area contributed by atoms with Gasteiger partial charge in [0.2, 0.25) is 0 Å². The Balaban J connectivity index is 0.000000301. The predicted octanol–water partition coefficient (Wildman–Crippen LogP) is 3.82. The third-order valence-electron chi connectivity index (χ3n) is 5.36. The highest BCUT2D eigenvalue weighted by Crippen LogP contribution is 2.26. The van der Waals surface area contributed by atoms with Crippen LogP contribution in [0.3, 0.4) is 0 Å². The quantitative estimate of drug-likeness (QED) is 0.549. The maximum absolute atomic E-state index is 13.3. The first-order valence-corrected chi connectivity index (χ1v) is 11.0. The predicted molar refractivity (Wildman–Crippen MR) is 118 cm³/mol. The van der Waals surface area contributed by atoms with Crippen LogP contribution in [0, 0.1) is 5.82 Å². The van der Waals surface area contributed by atoms with Crippen molar-refractivity contribution >= 4 is 11.9 Å². The van der Waals surface area contributed by atoms with Crippen molar-refractivity contribution in [2.45, 2.75) is 37.5 Å². The molecule has 0 saturated carbocycles. The SMILES string of the molecule is Fc1cccc(O[C@@H]2C[C@H]3CN(Cc4ccccn4)CCN3C2)c1.O=C(O)C(F)(F)F.O=C(O)C(F)(F)F. The molecule has 0 unspecified atom stereocenters. The normalized spacial score (nSPS) is 19.8. The van der Waals surface area contributed by atoms with Crippen molar-refractivity contribution in [2.24, 2.45) is 0 Å². The van der Waals surface area contributed by atoms with E-state index in [2.05, 4.69) is 20.9 Å². The molecule has 8 nitrogen and oxygen atoms in total. The number of aromatic nitrogens is 1. The van der Waals surface area contributed by atoms with Crippen molar-refractivity contribution in [3.05, 3.63) is 60.2 Å². The third-order valence-corrected chi connectivity index (χ3v) is 5.36. The minimum Gasteiger partial charge on any atom is -0.489 e. The third kappa shape index (κ3) is 10.5. The van der Waals surface area contributed by atoms with Gasteiger partial charge in [-0.2, -0.15) is 26.3 Å². The zero-order valence-electron chi connectivity index (χ0n) is 19.6. The minimum absolute atomic E-state index is 0.145. The van der Waals surface area contributed by atoms with Gasteiger partial charge in [0.15, 0.2) is 0 Å². The molecule has 2 aliphatic heterocycles. The highest BCUT2D eigenvalue weighted by atomic mass is 19.4. The molecular formula is C23H24F7N3O5. The van der Waals surface area contributed by atoms with Crippen LogP contribution in [0.4, 0.5) is 30.7 Å². The smallest absolute Gasteiger partial charge is 0.489 e. The molecule has 1 aromatic carbocycles. The number of fused-ring (bicyclic) bond motifs is 1. The van der Waals surface area contributed by atoms with Crippen molar-refractivity contribution in [2.75, 3.05) is 26.2 Å². The van der Waals surface area contributed by atoms with Gasteiger partial charge < -0.3 is 14.9 Å². The number of piperazine rings is 1. The molecule has 38 heavy (non-hydrogen) atoms. The maximum atomic E-state index is 13.3. The molecule has 2 aliphatic rings. The fourth-order valence-corrected chi connectivity index (χ4v) is 3.74. The lowest BCUT2D eigenvalue weighted by molar-refractivity contribution is -0.193. The molecule has 2 atom stereocenters. The van der Waals surface area contributed by atoms with Crippen LogP contribution in [0.2, 0.25) is 0 Å². The fraction of sp³-hybridized carbons (Fsp3) is 0.435. The van der Waals surface area contributed by atoms with E-state index in [0.717, 1.165) is 44.8 Å². The van der Waals surface area contributed by atoms with E-state index < -0.39 is 24.3 Å². The first-order valence-electron chi connectivity index (χ1n) is 11.0. The standard InChI is InChI=1S/C19H22FN3O.2C2HF3O2/c20-15-4-3-6-18(10-15)24-19-11-17-13-22(8-9-23(17)14-19)12-16-5-1-2-7-21-16;2*3-2(4,5)1(6)7/h1-7,10,17,19H,8-9,11-14H2;2*(H,6,7)/t17-,19+;;/m0../s1. The maximum Gasteiger partial charge on any atom is 0.490 e. The summed E-state index contributed by atoms with van der Waals surface area (Å²) in [6, 6.07) is 13.0. The summed E-state index contributed by atoms with van der Waals surface area (Å²) in [6.07, 6.45) is -7.18. The summed E-state index contributed by atoms with van der Waals surface area (Å²) in [4.78, 5) is 27.2. The molecule has 0 amide bonds. The van der Waals surface area contributed by atoms with Gasteiger partial charge in [-0.05, 0) is 24.3 Å². The molecular weight excluding hydrogens is 531 g/mol. The van der Waals surface area contributed by atoms with Crippen LogP contribution in [0.15, 0.2) is 48.7 Å². The Morgan fingerprint density at radius 1 is 0.947 bits per heavy atom. The number of nitrogens with zero attached hydrogens (tertiary/aromatic N) is 3. The van der Waals surface area contributed by atoms with Crippen LogP contribution in [0.1, 0.15) is 12.1 Å². The van der Waals surface area contributed by atoms with Crippen LogP contribution in [-0.2, 0) is 16.1 Å². The number of carboxylic acid groups (broad SMARTS) is 2. The van der Waals surface area contributed by atoms with Crippen LogP contribution in [0.25, 0.3) is 0 Å². The number of rotatable bonds is 4. The summed E-state index contributed by atoms with van der Waals surface area (Å²) in [5.74, 6) is -5.13. The topological polar surface area (TPSA) is 103 Å². The first kappa shape index (κ1) is 30.8. The molecule has 2 N–H and O–H groups in total. The second kappa shape index (κ2) is 13.4. The van der Waals surface area contributed by atoms with Crippen molar-refractivity contribution in [3.63, 3.8) is 0 Å². The van der Waals surface area contributed by atoms with Gasteiger partial charge in [0.05, 0.1) is 5.69 Å². The largest absolute Gasteiger partial charge is 0.490 e. The number of ether oxygens (including phenoxy) is 1. The van der Waals surface area contributed by atoms with Gasteiger partial charge in [0, 0.05) is 57.4 Å². The summed E-state index contributed by atoms with van der Waals surface area (Å²) in [6.45, 7) is 4.99. The summed E-state index contributed by atoms with van der Waals surface area (Å²) >= 11 is 0. The van der Waals surface area contributed by atoms with Crippen LogP contribution < -0.4 is 4.74 Å². The van der Waals surface area contributed by atoms with Gasteiger partial charge in [0.25, 0.3) is 0 Å². The number of carboxylic acids is 2. The fourth-order valence-electron chi connectivity index (χ4n) is 3.74. The highest BCUT2D eigenvalue weighted by molar-refractivity contribution is 5.73. The minimum atomic E-state index is -5.08. The molecule has 0 bridgehead atoms. The molecule has 4 rings (SSSR count). The second-order valence-corrected chi connectivity index (χ2v) is 8.24. The van der Waals surface area contributed by atoms with Crippen LogP contribution >= 0.6 is 0 Å². The van der Waals surface area contributed by atoms with Crippen molar-refractivity contribution in [1.82, 2.24) is 14.8 Å². The summed E-state index contributed by atoms with van der Waals surface area (Å²) in [7, 11) is 0. The van der Waals surface area contributed by atoms with Gasteiger partial charge in [-0.3, -0.25) is 14.8 Å². The van der Waals surface area contributed by atoms with Gasteiger partial charge in [-0.15, -0.1) is 0 Å². The molecule has 15 heteroatoms. The zero-order chi connectivity index (χ0) is 28.5. The van der Waals surface area contributed by atoms with E-state index in [4.69, 9.17) is 24.5 Å². The lowest BCUT2D eigenvalue weighted by Gasteiger charge is -2.36. The Kier molecular flexibility index (Phi) is 10.8. The van der Waals surface area contributed by atoms with E-state index in [0.29, 0.717) is 11.8 Å². The number of benzene rings is 1. The van der Waals surface area contributed by atoms with E-state index in [1.165, 1.54) is 12.1 Å². The Bertz CT molecular complexity index is 1030. The Morgan fingerprint density at radius 3 is 2.11 bits per heavy atom. The number of aliphatic carboxylic acids is 2. The number of hydrogen-bond donors (Lipinski definition) is 2. The zero-order valence-corrected chi connectivity index (χ0v) is 19.6.